The first-order valence-electron chi connectivity index (χ1n) is 10.6. The predicted molar refractivity (Wildman–Crippen MR) is 105 cm³/mol. The standard InChI is InChI=1S/C22H29N3O3/c26-20(23-18-10-4-2-1-3-5-11-18)12-13-24-21(27)19-14-16-8-6-7-9-17(16)15-25(19)22(24)28/h6-9,18-19H,1-5,10-15H2,(H,23,26)/t19-/m0/s1. The van der Waals surface area contributed by atoms with Crippen molar-refractivity contribution in [2.24, 2.45) is 0 Å². The summed E-state index contributed by atoms with van der Waals surface area (Å²) in [6, 6.07) is 7.51. The van der Waals surface area contributed by atoms with Gasteiger partial charge in [0.2, 0.25) is 5.91 Å². The Morgan fingerprint density at radius 2 is 1.68 bits per heavy atom. The number of hydrogen-bond donors (Lipinski definition) is 1. The summed E-state index contributed by atoms with van der Waals surface area (Å²) < 4.78 is 0. The molecule has 3 aliphatic rings. The molecule has 0 unspecified atom stereocenters. The largest absolute Gasteiger partial charge is 0.353 e. The van der Waals surface area contributed by atoms with Gasteiger partial charge in [0.25, 0.3) is 5.91 Å². The first-order chi connectivity index (χ1) is 13.6. The van der Waals surface area contributed by atoms with E-state index in [9.17, 15) is 14.4 Å². The van der Waals surface area contributed by atoms with Gasteiger partial charge in [0.15, 0.2) is 0 Å². The van der Waals surface area contributed by atoms with E-state index < -0.39 is 6.04 Å². The maximum absolute atomic E-state index is 12.8. The molecule has 0 aromatic heterocycles. The normalized spacial score (nSPS) is 23.1. The van der Waals surface area contributed by atoms with Crippen molar-refractivity contribution in [2.75, 3.05) is 6.54 Å². The summed E-state index contributed by atoms with van der Waals surface area (Å²) >= 11 is 0. The monoisotopic (exact) mass is 383 g/mol. The third-order valence-corrected chi connectivity index (χ3v) is 6.31. The van der Waals surface area contributed by atoms with E-state index in [2.05, 4.69) is 5.32 Å². The van der Waals surface area contributed by atoms with Gasteiger partial charge in [-0.3, -0.25) is 14.5 Å². The topological polar surface area (TPSA) is 69.7 Å². The zero-order valence-corrected chi connectivity index (χ0v) is 16.4. The first kappa shape index (κ1) is 19.0. The van der Waals surface area contributed by atoms with E-state index in [-0.39, 0.29) is 36.9 Å². The van der Waals surface area contributed by atoms with Crippen LogP contribution in [0.4, 0.5) is 4.79 Å². The Balaban J connectivity index is 1.32. The van der Waals surface area contributed by atoms with Crippen LogP contribution in [0, 0.1) is 0 Å². The summed E-state index contributed by atoms with van der Waals surface area (Å²) in [4.78, 5) is 40.8. The van der Waals surface area contributed by atoms with Crippen LogP contribution in [0.5, 0.6) is 0 Å². The van der Waals surface area contributed by atoms with E-state index in [1.807, 2.05) is 24.3 Å². The summed E-state index contributed by atoms with van der Waals surface area (Å²) in [5.41, 5.74) is 2.23. The van der Waals surface area contributed by atoms with Crippen molar-refractivity contribution in [1.82, 2.24) is 15.1 Å². The van der Waals surface area contributed by atoms with E-state index in [0.29, 0.717) is 13.0 Å². The van der Waals surface area contributed by atoms with E-state index in [0.717, 1.165) is 36.8 Å². The fraction of sp³-hybridized carbons (Fsp3) is 0.591. The third kappa shape index (κ3) is 3.91. The Hall–Kier alpha value is -2.37. The van der Waals surface area contributed by atoms with E-state index >= 15 is 0 Å². The fourth-order valence-corrected chi connectivity index (χ4v) is 4.69. The number of nitrogens with one attached hydrogen (secondary N) is 1. The molecule has 6 heteroatoms. The van der Waals surface area contributed by atoms with Gasteiger partial charge in [-0.25, -0.2) is 4.79 Å². The minimum Gasteiger partial charge on any atom is -0.353 e. The number of carbonyl (C=O) groups excluding carboxylic acids is 3. The minimum absolute atomic E-state index is 0.0562. The molecule has 4 rings (SSSR count). The van der Waals surface area contributed by atoms with Crippen LogP contribution in [0.15, 0.2) is 24.3 Å². The van der Waals surface area contributed by atoms with Gasteiger partial charge in [0.1, 0.15) is 6.04 Å². The maximum Gasteiger partial charge on any atom is 0.327 e. The van der Waals surface area contributed by atoms with Crippen molar-refractivity contribution in [3.8, 4) is 0 Å². The van der Waals surface area contributed by atoms with Crippen LogP contribution >= 0.6 is 0 Å². The molecule has 2 aliphatic heterocycles. The van der Waals surface area contributed by atoms with Crippen LogP contribution in [0.25, 0.3) is 0 Å². The highest BCUT2D eigenvalue weighted by Crippen LogP contribution is 2.30. The van der Waals surface area contributed by atoms with Crippen molar-refractivity contribution in [3.05, 3.63) is 35.4 Å². The molecule has 1 saturated carbocycles. The predicted octanol–water partition coefficient (Wildman–Crippen LogP) is 2.99. The first-order valence-corrected chi connectivity index (χ1v) is 10.6. The lowest BCUT2D eigenvalue weighted by Crippen LogP contribution is -2.40. The van der Waals surface area contributed by atoms with E-state index in [1.54, 1.807) is 4.90 Å². The average Bonchev–Trinajstić information content (AvgIpc) is 2.90. The Labute approximate surface area is 166 Å². The van der Waals surface area contributed by atoms with Crippen LogP contribution in [-0.4, -0.2) is 46.3 Å². The number of benzene rings is 1. The highest BCUT2D eigenvalue weighted by molar-refractivity contribution is 6.04. The molecule has 2 fully saturated rings. The summed E-state index contributed by atoms with van der Waals surface area (Å²) in [7, 11) is 0. The van der Waals surface area contributed by atoms with Gasteiger partial charge in [0, 0.05) is 32.0 Å². The quantitative estimate of drug-likeness (QED) is 0.813. The Morgan fingerprint density at radius 1 is 1.00 bits per heavy atom. The Kier molecular flexibility index (Phi) is 5.64. The molecule has 0 spiro atoms. The third-order valence-electron chi connectivity index (χ3n) is 6.31. The molecule has 1 aromatic rings. The lowest BCUT2D eigenvalue weighted by Gasteiger charge is -2.28. The number of amides is 4. The number of imide groups is 1. The average molecular weight is 383 g/mol. The molecule has 1 N–H and O–H groups in total. The summed E-state index contributed by atoms with van der Waals surface area (Å²) in [6.45, 7) is 0.635. The highest BCUT2D eigenvalue weighted by atomic mass is 16.2. The van der Waals surface area contributed by atoms with E-state index in [4.69, 9.17) is 0 Å². The van der Waals surface area contributed by atoms with Gasteiger partial charge in [-0.2, -0.15) is 0 Å². The molecule has 0 radical (unpaired) electrons. The van der Waals surface area contributed by atoms with Gasteiger partial charge in [-0.15, -0.1) is 0 Å². The van der Waals surface area contributed by atoms with Crippen molar-refractivity contribution in [3.63, 3.8) is 0 Å². The zero-order valence-electron chi connectivity index (χ0n) is 16.4. The van der Waals surface area contributed by atoms with Gasteiger partial charge in [0.05, 0.1) is 0 Å². The van der Waals surface area contributed by atoms with Crippen molar-refractivity contribution < 1.29 is 14.4 Å². The van der Waals surface area contributed by atoms with Crippen molar-refractivity contribution >= 4 is 17.8 Å². The lowest BCUT2D eigenvalue weighted by atomic mass is 9.95. The number of nitrogens with zero attached hydrogens (tertiary/aromatic N) is 2. The van der Waals surface area contributed by atoms with Crippen LogP contribution in [-0.2, 0) is 22.6 Å². The molecule has 1 saturated heterocycles. The molecule has 1 aliphatic carbocycles. The second-order valence-electron chi connectivity index (χ2n) is 8.25. The van der Waals surface area contributed by atoms with Gasteiger partial charge in [-0.1, -0.05) is 56.4 Å². The number of carbonyl (C=O) groups is 3. The molecule has 1 aromatic carbocycles. The van der Waals surface area contributed by atoms with Crippen molar-refractivity contribution in [2.45, 2.75) is 76.4 Å². The molecular weight excluding hydrogens is 354 g/mol. The number of rotatable bonds is 4. The summed E-state index contributed by atoms with van der Waals surface area (Å²) in [6.07, 6.45) is 8.89. The second-order valence-corrected chi connectivity index (χ2v) is 8.25. The van der Waals surface area contributed by atoms with Crippen LogP contribution in [0.3, 0.4) is 0 Å². The fourth-order valence-electron chi connectivity index (χ4n) is 4.69. The molecule has 1 atom stereocenters. The molecule has 0 bridgehead atoms. The number of hydrogen-bond acceptors (Lipinski definition) is 3. The van der Waals surface area contributed by atoms with E-state index in [1.165, 1.54) is 24.2 Å². The molecule has 28 heavy (non-hydrogen) atoms. The van der Waals surface area contributed by atoms with Crippen LogP contribution < -0.4 is 5.32 Å². The SMILES string of the molecule is O=C(CCN1C(=O)[C@@H]2Cc3ccccc3CN2C1=O)NC1CCCCCCC1. The second kappa shape index (κ2) is 8.33. The lowest BCUT2D eigenvalue weighted by molar-refractivity contribution is -0.129. The Morgan fingerprint density at radius 3 is 2.43 bits per heavy atom. The summed E-state index contributed by atoms with van der Waals surface area (Å²) in [5.74, 6) is -0.224. The zero-order chi connectivity index (χ0) is 19.5. The van der Waals surface area contributed by atoms with Gasteiger partial charge in [-0.05, 0) is 24.0 Å². The molecule has 6 nitrogen and oxygen atoms in total. The van der Waals surface area contributed by atoms with Gasteiger partial charge < -0.3 is 10.2 Å². The highest BCUT2D eigenvalue weighted by Gasteiger charge is 2.46. The van der Waals surface area contributed by atoms with Crippen LogP contribution in [0.2, 0.25) is 0 Å². The Bertz CT molecular complexity index is 712. The molecule has 2 heterocycles. The minimum atomic E-state index is -0.420. The van der Waals surface area contributed by atoms with Gasteiger partial charge >= 0.3 is 6.03 Å². The van der Waals surface area contributed by atoms with Crippen LogP contribution in [0.1, 0.15) is 62.5 Å². The maximum atomic E-state index is 12.8. The summed E-state index contributed by atoms with van der Waals surface area (Å²) in [5, 5.41) is 3.12. The number of fused-ring (bicyclic) bond motifs is 2. The molecular formula is C22H29N3O3. The van der Waals surface area contributed by atoms with Crippen molar-refractivity contribution in [1.29, 1.82) is 0 Å². The molecule has 150 valence electrons. The molecule has 4 amide bonds. The smallest absolute Gasteiger partial charge is 0.327 e. The number of urea groups is 1.